The number of rotatable bonds is 5. The van der Waals surface area contributed by atoms with E-state index in [1.807, 2.05) is 6.07 Å². The minimum Gasteiger partial charge on any atom is -0.478 e. The molecule has 1 aliphatic rings. The third-order valence-corrected chi connectivity index (χ3v) is 4.73. The number of carbonyl (C=O) groups excluding carboxylic acids is 1. The fraction of sp³-hybridized carbons (Fsp3) is 0.300. The van der Waals surface area contributed by atoms with Crippen LogP contribution in [0.25, 0.3) is 0 Å². The molecular formula is C20H19F2NO3. The van der Waals surface area contributed by atoms with Crippen LogP contribution in [0.3, 0.4) is 0 Å². The molecule has 136 valence electrons. The number of benzene rings is 2. The number of aromatic carboxylic acids is 1. The maximum absolute atomic E-state index is 13.8. The first-order chi connectivity index (χ1) is 12.4. The van der Waals surface area contributed by atoms with Crippen molar-refractivity contribution in [2.24, 2.45) is 5.92 Å². The molecule has 0 radical (unpaired) electrons. The normalized spacial score (nSPS) is 15.8. The smallest absolute Gasteiger partial charge is 0.335 e. The predicted molar refractivity (Wildman–Crippen MR) is 92.1 cm³/mol. The molecule has 3 rings (SSSR count). The van der Waals surface area contributed by atoms with Gasteiger partial charge in [0.1, 0.15) is 11.6 Å². The predicted octanol–water partition coefficient (Wildman–Crippen LogP) is 3.76. The van der Waals surface area contributed by atoms with Gasteiger partial charge in [-0.2, -0.15) is 0 Å². The molecule has 6 heteroatoms. The molecule has 0 amide bonds. The summed E-state index contributed by atoms with van der Waals surface area (Å²) >= 11 is 0. The standard InChI is InChI=1S/C20H19F2NO3/c21-16-4-5-18(22)17(11-16)19(24)14-6-8-23(9-7-14)12-13-2-1-3-15(10-13)20(25)26/h1-5,10-11,14H,6-9,12H2,(H,25,26). The number of hydrogen-bond acceptors (Lipinski definition) is 3. The number of carbonyl (C=O) groups is 2. The highest BCUT2D eigenvalue weighted by molar-refractivity contribution is 5.98. The van der Waals surface area contributed by atoms with Crippen LogP contribution in [0, 0.1) is 17.6 Å². The Balaban J connectivity index is 1.60. The van der Waals surface area contributed by atoms with Crippen molar-refractivity contribution < 1.29 is 23.5 Å². The Kier molecular flexibility index (Phi) is 5.42. The summed E-state index contributed by atoms with van der Waals surface area (Å²) in [6, 6.07) is 9.70. The Morgan fingerprint density at radius 1 is 1.08 bits per heavy atom. The van der Waals surface area contributed by atoms with Crippen LogP contribution >= 0.6 is 0 Å². The van der Waals surface area contributed by atoms with Gasteiger partial charge < -0.3 is 5.11 Å². The molecule has 0 aromatic heterocycles. The van der Waals surface area contributed by atoms with Crippen molar-refractivity contribution >= 4 is 11.8 Å². The summed E-state index contributed by atoms with van der Waals surface area (Å²) in [5.41, 5.74) is 0.956. The van der Waals surface area contributed by atoms with Crippen LogP contribution in [0.1, 0.15) is 39.1 Å². The largest absolute Gasteiger partial charge is 0.478 e. The number of ketones is 1. The summed E-state index contributed by atoms with van der Waals surface area (Å²) in [7, 11) is 0. The quantitative estimate of drug-likeness (QED) is 0.826. The molecule has 0 aliphatic carbocycles. The SMILES string of the molecule is O=C(O)c1cccc(CN2CCC(C(=O)c3cc(F)ccc3F)CC2)c1. The molecule has 4 nitrogen and oxygen atoms in total. The number of carboxylic acid groups (broad SMARTS) is 1. The van der Waals surface area contributed by atoms with Crippen LogP contribution in [0.4, 0.5) is 8.78 Å². The lowest BCUT2D eigenvalue weighted by Crippen LogP contribution is -2.36. The van der Waals surface area contributed by atoms with Crippen LogP contribution in [0.2, 0.25) is 0 Å². The minimum atomic E-state index is -0.965. The van der Waals surface area contributed by atoms with Gasteiger partial charge in [0.15, 0.2) is 5.78 Å². The van der Waals surface area contributed by atoms with Gasteiger partial charge in [-0.1, -0.05) is 12.1 Å². The topological polar surface area (TPSA) is 57.6 Å². The number of hydrogen-bond donors (Lipinski definition) is 1. The van der Waals surface area contributed by atoms with E-state index >= 15 is 0 Å². The number of likely N-dealkylation sites (tertiary alicyclic amines) is 1. The highest BCUT2D eigenvalue weighted by Gasteiger charge is 2.27. The van der Waals surface area contributed by atoms with Gasteiger partial charge in [0.25, 0.3) is 0 Å². The first-order valence-electron chi connectivity index (χ1n) is 8.48. The minimum absolute atomic E-state index is 0.183. The second-order valence-electron chi connectivity index (χ2n) is 6.54. The van der Waals surface area contributed by atoms with Crippen LogP contribution in [0.5, 0.6) is 0 Å². The van der Waals surface area contributed by atoms with Gasteiger partial charge in [-0.05, 0) is 61.8 Å². The van der Waals surface area contributed by atoms with Gasteiger partial charge in [-0.15, -0.1) is 0 Å². The summed E-state index contributed by atoms with van der Waals surface area (Å²) in [6.07, 6.45) is 1.13. The zero-order valence-corrected chi connectivity index (χ0v) is 14.1. The molecule has 1 fully saturated rings. The molecule has 0 spiro atoms. The van der Waals surface area contributed by atoms with Crippen LogP contribution in [-0.4, -0.2) is 34.8 Å². The molecule has 1 aliphatic heterocycles. The van der Waals surface area contributed by atoms with Crippen LogP contribution < -0.4 is 0 Å². The maximum Gasteiger partial charge on any atom is 0.335 e. The molecule has 2 aromatic rings. The molecule has 1 saturated heterocycles. The highest BCUT2D eigenvalue weighted by atomic mass is 19.1. The van der Waals surface area contributed by atoms with Crippen molar-refractivity contribution in [3.05, 3.63) is 70.8 Å². The lowest BCUT2D eigenvalue weighted by atomic mass is 9.88. The van der Waals surface area contributed by atoms with Gasteiger partial charge in [-0.25, -0.2) is 13.6 Å². The second kappa shape index (κ2) is 7.74. The van der Waals surface area contributed by atoms with E-state index < -0.39 is 17.6 Å². The number of Topliss-reactive ketones (excluding diaryl/α,β-unsaturated/α-hetero) is 1. The number of halogens is 2. The number of carboxylic acids is 1. The first kappa shape index (κ1) is 18.2. The van der Waals surface area contributed by atoms with E-state index in [-0.39, 0.29) is 22.8 Å². The van der Waals surface area contributed by atoms with E-state index in [4.69, 9.17) is 5.11 Å². The zero-order valence-electron chi connectivity index (χ0n) is 14.1. The zero-order chi connectivity index (χ0) is 18.7. The van der Waals surface area contributed by atoms with Gasteiger partial charge in [0, 0.05) is 12.5 Å². The molecule has 2 aromatic carbocycles. The highest BCUT2D eigenvalue weighted by Crippen LogP contribution is 2.24. The molecule has 0 unspecified atom stereocenters. The van der Waals surface area contributed by atoms with Crippen molar-refractivity contribution in [3.8, 4) is 0 Å². The van der Waals surface area contributed by atoms with Crippen LogP contribution in [-0.2, 0) is 6.54 Å². The fourth-order valence-electron chi connectivity index (χ4n) is 3.32. The van der Waals surface area contributed by atoms with E-state index in [1.165, 1.54) is 0 Å². The molecule has 26 heavy (non-hydrogen) atoms. The molecule has 0 atom stereocenters. The Morgan fingerprint density at radius 2 is 1.81 bits per heavy atom. The summed E-state index contributed by atoms with van der Waals surface area (Å²) in [5.74, 6) is -2.95. The van der Waals surface area contributed by atoms with E-state index in [9.17, 15) is 18.4 Å². The van der Waals surface area contributed by atoms with E-state index in [1.54, 1.807) is 18.2 Å². The average Bonchev–Trinajstić information content (AvgIpc) is 2.64. The third-order valence-electron chi connectivity index (χ3n) is 4.73. The Hall–Kier alpha value is -2.60. The molecule has 0 bridgehead atoms. The van der Waals surface area contributed by atoms with Crippen molar-refractivity contribution in [3.63, 3.8) is 0 Å². The monoisotopic (exact) mass is 359 g/mol. The molecule has 1 N–H and O–H groups in total. The maximum atomic E-state index is 13.8. The number of piperidine rings is 1. The van der Waals surface area contributed by atoms with Gasteiger partial charge >= 0.3 is 5.97 Å². The average molecular weight is 359 g/mol. The summed E-state index contributed by atoms with van der Waals surface area (Å²) in [4.78, 5) is 25.6. The summed E-state index contributed by atoms with van der Waals surface area (Å²) in [6.45, 7) is 1.88. The van der Waals surface area contributed by atoms with Gasteiger partial charge in [0.2, 0.25) is 0 Å². The molecule has 0 saturated carbocycles. The molecule has 1 heterocycles. The lowest BCUT2D eigenvalue weighted by Gasteiger charge is -2.31. The Bertz CT molecular complexity index is 830. The van der Waals surface area contributed by atoms with Crippen molar-refractivity contribution in [1.82, 2.24) is 4.90 Å². The lowest BCUT2D eigenvalue weighted by molar-refractivity contribution is 0.0695. The van der Waals surface area contributed by atoms with Gasteiger partial charge in [0.05, 0.1) is 11.1 Å². The molecular weight excluding hydrogens is 340 g/mol. The second-order valence-corrected chi connectivity index (χ2v) is 6.54. The van der Waals surface area contributed by atoms with Crippen molar-refractivity contribution in [1.29, 1.82) is 0 Å². The Morgan fingerprint density at radius 3 is 2.50 bits per heavy atom. The third kappa shape index (κ3) is 4.14. The van der Waals surface area contributed by atoms with Crippen molar-refractivity contribution in [2.45, 2.75) is 19.4 Å². The summed E-state index contributed by atoms with van der Waals surface area (Å²) in [5, 5.41) is 9.05. The van der Waals surface area contributed by atoms with E-state index in [0.29, 0.717) is 32.5 Å². The fourth-order valence-corrected chi connectivity index (χ4v) is 3.32. The van der Waals surface area contributed by atoms with Gasteiger partial charge in [-0.3, -0.25) is 9.69 Å². The number of nitrogens with zero attached hydrogens (tertiary/aromatic N) is 1. The Labute approximate surface area is 150 Å². The van der Waals surface area contributed by atoms with Crippen molar-refractivity contribution in [2.75, 3.05) is 13.1 Å². The van der Waals surface area contributed by atoms with Crippen LogP contribution in [0.15, 0.2) is 42.5 Å². The summed E-state index contributed by atoms with van der Waals surface area (Å²) < 4.78 is 27.1. The first-order valence-corrected chi connectivity index (χ1v) is 8.48. The van der Waals surface area contributed by atoms with E-state index in [2.05, 4.69) is 4.90 Å². The van der Waals surface area contributed by atoms with E-state index in [0.717, 1.165) is 23.8 Å².